The van der Waals surface area contributed by atoms with E-state index in [1.807, 2.05) is 4.90 Å². The van der Waals surface area contributed by atoms with Gasteiger partial charge < -0.3 is 9.64 Å². The van der Waals surface area contributed by atoms with Gasteiger partial charge in [0, 0.05) is 25.6 Å². The molecular formula is C21H20F3N5O4S2. The molecule has 0 radical (unpaired) electrons. The summed E-state index contributed by atoms with van der Waals surface area (Å²) >= 11 is 1.37. The minimum absolute atomic E-state index is 0.00229. The van der Waals surface area contributed by atoms with Crippen LogP contribution in [0, 0.1) is 0 Å². The Bertz CT molecular complexity index is 1370. The number of aromatic nitrogens is 3. The number of alkyl halides is 3. The van der Waals surface area contributed by atoms with Crippen molar-refractivity contribution >= 4 is 42.6 Å². The normalized spacial score (nSPS) is 19.8. The van der Waals surface area contributed by atoms with E-state index in [0.29, 0.717) is 16.7 Å². The highest BCUT2D eigenvalue weighted by Crippen LogP contribution is 2.39. The van der Waals surface area contributed by atoms with E-state index in [4.69, 9.17) is 0 Å². The maximum atomic E-state index is 13.3. The van der Waals surface area contributed by atoms with Crippen molar-refractivity contribution in [1.82, 2.24) is 19.3 Å². The predicted molar refractivity (Wildman–Crippen MR) is 121 cm³/mol. The number of fused-ring (bicyclic) bond motifs is 1. The molecule has 5 rings (SSSR count). The Labute approximate surface area is 202 Å². The van der Waals surface area contributed by atoms with Gasteiger partial charge in [-0.05, 0) is 44.0 Å². The average molecular weight is 528 g/mol. The number of anilines is 1. The van der Waals surface area contributed by atoms with Crippen molar-refractivity contribution in [1.29, 1.82) is 0 Å². The quantitative estimate of drug-likeness (QED) is 0.481. The minimum Gasteiger partial charge on any atom is -0.406 e. The average Bonchev–Trinajstić information content (AvgIpc) is 3.56. The fourth-order valence-electron chi connectivity index (χ4n) is 3.92. The van der Waals surface area contributed by atoms with E-state index in [2.05, 4.69) is 19.7 Å². The number of ether oxygens (including phenoxy) is 1. The van der Waals surface area contributed by atoms with E-state index < -0.39 is 28.2 Å². The monoisotopic (exact) mass is 527 g/mol. The molecule has 0 amide bonds. The van der Waals surface area contributed by atoms with Crippen LogP contribution in [0.5, 0.6) is 5.75 Å². The maximum Gasteiger partial charge on any atom is 0.573 e. The van der Waals surface area contributed by atoms with Gasteiger partial charge >= 0.3 is 6.36 Å². The van der Waals surface area contributed by atoms with Crippen molar-refractivity contribution in [2.24, 2.45) is 0 Å². The second-order valence-electron chi connectivity index (χ2n) is 8.39. The third kappa shape index (κ3) is 4.95. The third-order valence-electron chi connectivity index (χ3n) is 5.84. The molecule has 2 aliphatic rings. The number of rotatable bonds is 6. The first kappa shape index (κ1) is 23.9. The lowest BCUT2D eigenvalue weighted by atomic mass is 10.1. The summed E-state index contributed by atoms with van der Waals surface area (Å²) in [5, 5.41) is 0.624. The van der Waals surface area contributed by atoms with E-state index >= 15 is 0 Å². The van der Waals surface area contributed by atoms with Crippen LogP contribution in [-0.4, -0.2) is 65.5 Å². The first-order chi connectivity index (χ1) is 16.5. The number of sulfonamides is 1. The van der Waals surface area contributed by atoms with Gasteiger partial charge in [0.05, 0.1) is 15.8 Å². The van der Waals surface area contributed by atoms with Crippen molar-refractivity contribution in [2.45, 2.75) is 43.0 Å². The number of piperazine rings is 1. The highest BCUT2D eigenvalue weighted by molar-refractivity contribution is 7.89. The summed E-state index contributed by atoms with van der Waals surface area (Å²) in [6, 6.07) is 2.93. The number of ketones is 1. The van der Waals surface area contributed by atoms with Crippen LogP contribution in [0.4, 0.5) is 18.3 Å². The molecule has 35 heavy (non-hydrogen) atoms. The summed E-state index contributed by atoms with van der Waals surface area (Å²) < 4.78 is 69.4. The molecule has 186 valence electrons. The standard InChI is InChI=1S/C21H20F3N5O4S2/c1-12(30)16-11-28(20-27-19-17(34-20)10-25-18(26-19)13-2-3-13)8-9-29(16)35(31,32)15-6-4-14(5-7-15)33-21(22,23)24/h4-7,10,13,16H,2-3,8-9,11H2,1H3/t16-/m1/s1. The molecule has 0 N–H and O–H groups in total. The van der Waals surface area contributed by atoms with Crippen LogP contribution in [0.25, 0.3) is 10.3 Å². The zero-order chi connectivity index (χ0) is 25.0. The minimum atomic E-state index is -4.89. The topological polar surface area (TPSA) is 106 Å². The number of thiazole rings is 1. The number of halogens is 3. The number of hydrogen-bond donors (Lipinski definition) is 0. The first-order valence-electron chi connectivity index (χ1n) is 10.8. The fourth-order valence-corrected chi connectivity index (χ4v) is 6.45. The van der Waals surface area contributed by atoms with Gasteiger partial charge in [0.15, 0.2) is 10.8 Å². The Morgan fingerprint density at radius 3 is 2.49 bits per heavy atom. The van der Waals surface area contributed by atoms with Gasteiger partial charge in [0.1, 0.15) is 23.4 Å². The number of nitrogens with zero attached hydrogens (tertiary/aromatic N) is 5. The Morgan fingerprint density at radius 1 is 1.14 bits per heavy atom. The predicted octanol–water partition coefficient (Wildman–Crippen LogP) is 3.33. The Kier molecular flexibility index (Phi) is 5.92. The molecule has 1 aromatic carbocycles. The van der Waals surface area contributed by atoms with Crippen molar-refractivity contribution in [3.05, 3.63) is 36.3 Å². The SMILES string of the molecule is CC(=O)[C@H]1CN(c2nc3nc(C4CC4)ncc3s2)CCN1S(=O)(=O)c1ccc(OC(F)(F)F)cc1. The van der Waals surface area contributed by atoms with Crippen LogP contribution in [0.2, 0.25) is 0 Å². The molecule has 1 aliphatic heterocycles. The molecule has 1 saturated heterocycles. The number of carbonyl (C=O) groups excluding carboxylic acids is 1. The van der Waals surface area contributed by atoms with Crippen LogP contribution in [0.15, 0.2) is 35.4 Å². The van der Waals surface area contributed by atoms with E-state index in [0.717, 1.165) is 51.9 Å². The van der Waals surface area contributed by atoms with E-state index in [9.17, 15) is 26.4 Å². The first-order valence-corrected chi connectivity index (χ1v) is 13.0. The van der Waals surface area contributed by atoms with Gasteiger partial charge in [-0.3, -0.25) is 4.79 Å². The zero-order valence-electron chi connectivity index (χ0n) is 18.4. The molecule has 14 heteroatoms. The van der Waals surface area contributed by atoms with Crippen molar-refractivity contribution in [3.8, 4) is 5.75 Å². The molecule has 1 saturated carbocycles. The smallest absolute Gasteiger partial charge is 0.406 e. The Hall–Kier alpha value is -2.84. The van der Waals surface area contributed by atoms with Crippen LogP contribution >= 0.6 is 11.3 Å². The highest BCUT2D eigenvalue weighted by Gasteiger charge is 2.40. The molecule has 1 aliphatic carbocycles. The van der Waals surface area contributed by atoms with Gasteiger partial charge in [-0.15, -0.1) is 13.2 Å². The zero-order valence-corrected chi connectivity index (χ0v) is 20.0. The lowest BCUT2D eigenvalue weighted by Crippen LogP contribution is -2.57. The Morgan fingerprint density at radius 2 is 1.86 bits per heavy atom. The number of benzene rings is 1. The number of hydrogen-bond acceptors (Lipinski definition) is 9. The Balaban J connectivity index is 1.36. The number of carbonyl (C=O) groups is 1. The maximum absolute atomic E-state index is 13.3. The molecule has 0 bridgehead atoms. The largest absolute Gasteiger partial charge is 0.573 e. The molecule has 2 aromatic heterocycles. The van der Waals surface area contributed by atoms with Gasteiger partial charge in [0.25, 0.3) is 0 Å². The lowest BCUT2D eigenvalue weighted by molar-refractivity contribution is -0.274. The van der Waals surface area contributed by atoms with Crippen LogP contribution in [-0.2, 0) is 14.8 Å². The second-order valence-corrected chi connectivity index (χ2v) is 11.3. The summed E-state index contributed by atoms with van der Waals surface area (Å²) in [4.78, 5) is 27.6. The van der Waals surface area contributed by atoms with Crippen LogP contribution in [0.1, 0.15) is 31.5 Å². The van der Waals surface area contributed by atoms with Gasteiger partial charge in [-0.1, -0.05) is 11.3 Å². The van der Waals surface area contributed by atoms with Crippen molar-refractivity contribution in [2.75, 3.05) is 24.5 Å². The molecule has 1 atom stereocenters. The van der Waals surface area contributed by atoms with Gasteiger partial charge in [0.2, 0.25) is 10.0 Å². The van der Waals surface area contributed by atoms with E-state index in [-0.39, 0.29) is 30.3 Å². The summed E-state index contributed by atoms with van der Waals surface area (Å²) in [5.41, 5.74) is 0.581. The molecule has 9 nitrogen and oxygen atoms in total. The second kappa shape index (κ2) is 8.68. The summed E-state index contributed by atoms with van der Waals surface area (Å²) in [6.45, 7) is 1.68. The summed E-state index contributed by atoms with van der Waals surface area (Å²) in [6.07, 6.45) is -1.01. The molecule has 3 aromatic rings. The molecule has 3 heterocycles. The highest BCUT2D eigenvalue weighted by atomic mass is 32.2. The van der Waals surface area contributed by atoms with E-state index in [1.54, 1.807) is 6.20 Å². The van der Waals surface area contributed by atoms with Gasteiger partial charge in [-0.2, -0.15) is 9.29 Å². The molecule has 0 unspecified atom stereocenters. The lowest BCUT2D eigenvalue weighted by Gasteiger charge is -2.39. The number of Topliss-reactive ketones (excluding diaryl/α,β-unsaturated/α-hetero) is 1. The molecular weight excluding hydrogens is 507 g/mol. The summed E-state index contributed by atoms with van der Waals surface area (Å²) in [7, 11) is -4.15. The van der Waals surface area contributed by atoms with Crippen molar-refractivity contribution in [3.63, 3.8) is 0 Å². The summed E-state index contributed by atoms with van der Waals surface area (Å²) in [5.74, 6) is 0.272. The van der Waals surface area contributed by atoms with E-state index in [1.165, 1.54) is 18.3 Å². The van der Waals surface area contributed by atoms with Crippen molar-refractivity contribution < 1.29 is 31.1 Å². The third-order valence-corrected chi connectivity index (χ3v) is 8.80. The molecule has 0 spiro atoms. The molecule has 2 fully saturated rings. The van der Waals surface area contributed by atoms with Crippen LogP contribution in [0.3, 0.4) is 0 Å². The van der Waals surface area contributed by atoms with Gasteiger partial charge in [-0.25, -0.2) is 18.4 Å². The van der Waals surface area contributed by atoms with Crippen LogP contribution < -0.4 is 9.64 Å². The fraction of sp³-hybridized carbons (Fsp3) is 0.429.